The van der Waals surface area contributed by atoms with Crippen LogP contribution < -0.4 is 4.90 Å². The smallest absolute Gasteiger partial charge is 0.260 e. The highest BCUT2D eigenvalue weighted by molar-refractivity contribution is 7.89. The lowest BCUT2D eigenvalue weighted by Gasteiger charge is -2.30. The zero-order valence-corrected chi connectivity index (χ0v) is 25.6. The topological polar surface area (TPSA) is 88.4 Å². The number of fused-ring (bicyclic) bond motifs is 1. The number of carbonyl (C=O) groups is 1. The summed E-state index contributed by atoms with van der Waals surface area (Å²) in [5, 5.41) is 5.72. The fourth-order valence-corrected chi connectivity index (χ4v) is 8.23. The summed E-state index contributed by atoms with van der Waals surface area (Å²) in [5.41, 5.74) is 4.05. The number of hydrogen-bond acceptors (Lipinski definition) is 6. The third-order valence-corrected chi connectivity index (χ3v) is 10.8. The van der Waals surface area contributed by atoms with Crippen LogP contribution in [-0.2, 0) is 16.6 Å². The monoisotopic (exact) mass is 599 g/mol. The largest absolute Gasteiger partial charge is 0.282 e. The molecule has 2 aromatic heterocycles. The molecule has 212 valence electrons. The van der Waals surface area contributed by atoms with Crippen LogP contribution in [0.5, 0.6) is 0 Å². The lowest BCUT2D eigenvalue weighted by molar-refractivity contribution is 0.0985. The molecule has 1 fully saturated rings. The summed E-state index contributed by atoms with van der Waals surface area (Å²) < 4.78 is 30.9. The van der Waals surface area contributed by atoms with Gasteiger partial charge in [0.2, 0.25) is 10.0 Å². The summed E-state index contributed by atoms with van der Waals surface area (Å²) in [6.07, 6.45) is 5.00. The van der Waals surface area contributed by atoms with Crippen molar-refractivity contribution in [1.82, 2.24) is 19.1 Å². The van der Waals surface area contributed by atoms with E-state index in [1.54, 1.807) is 24.1 Å². The minimum Gasteiger partial charge on any atom is -0.282 e. The number of thiazole rings is 1. The first-order valence-corrected chi connectivity index (χ1v) is 16.2. The number of aromatic nitrogens is 3. The van der Waals surface area contributed by atoms with Gasteiger partial charge in [0.1, 0.15) is 0 Å². The van der Waals surface area contributed by atoms with Crippen molar-refractivity contribution in [3.05, 3.63) is 70.0 Å². The highest BCUT2D eigenvalue weighted by Gasteiger charge is 2.30. The highest BCUT2D eigenvalue weighted by atomic mass is 35.5. The van der Waals surface area contributed by atoms with Crippen LogP contribution in [0.3, 0.4) is 0 Å². The van der Waals surface area contributed by atoms with Gasteiger partial charge in [0.05, 0.1) is 27.4 Å². The first-order valence-electron chi connectivity index (χ1n) is 13.5. The molecule has 4 aromatic rings. The van der Waals surface area contributed by atoms with Gasteiger partial charge in [-0.25, -0.2) is 13.4 Å². The molecular formula is C29H34ClN5O3S2. The molecule has 1 saturated carbocycles. The summed E-state index contributed by atoms with van der Waals surface area (Å²) >= 11 is 7.70. The first-order chi connectivity index (χ1) is 19.0. The zero-order chi connectivity index (χ0) is 28.6. The summed E-state index contributed by atoms with van der Waals surface area (Å²) in [5.74, 6) is -0.256. The Morgan fingerprint density at radius 1 is 1.07 bits per heavy atom. The third kappa shape index (κ3) is 5.81. The SMILES string of the molecule is Cc1cc(C)n(CCN(C(=O)c2ccc(S(=O)(=O)N(C)C3CCCCC3)cc2)c2nc3c(C)cc(Cl)cc3s2)n1. The van der Waals surface area contributed by atoms with Gasteiger partial charge in [0, 0.05) is 35.9 Å². The van der Waals surface area contributed by atoms with E-state index in [1.165, 1.54) is 27.8 Å². The van der Waals surface area contributed by atoms with Gasteiger partial charge >= 0.3 is 0 Å². The van der Waals surface area contributed by atoms with Gasteiger partial charge in [0.15, 0.2) is 5.13 Å². The van der Waals surface area contributed by atoms with Gasteiger partial charge in [0.25, 0.3) is 5.91 Å². The molecule has 8 nitrogen and oxygen atoms in total. The second-order valence-electron chi connectivity index (χ2n) is 10.5. The van der Waals surface area contributed by atoms with Crippen LogP contribution in [0.1, 0.15) is 59.4 Å². The van der Waals surface area contributed by atoms with Crippen molar-refractivity contribution in [3.8, 4) is 0 Å². The van der Waals surface area contributed by atoms with E-state index >= 15 is 0 Å². The van der Waals surface area contributed by atoms with Gasteiger partial charge in [-0.15, -0.1) is 0 Å². The van der Waals surface area contributed by atoms with E-state index in [4.69, 9.17) is 16.6 Å². The van der Waals surface area contributed by atoms with Gasteiger partial charge < -0.3 is 0 Å². The average molecular weight is 600 g/mol. The van der Waals surface area contributed by atoms with Crippen molar-refractivity contribution in [2.24, 2.45) is 0 Å². The Kier molecular flexibility index (Phi) is 8.33. The van der Waals surface area contributed by atoms with Crippen LogP contribution in [0.4, 0.5) is 5.13 Å². The van der Waals surface area contributed by atoms with Crippen molar-refractivity contribution in [2.75, 3.05) is 18.5 Å². The lowest BCUT2D eigenvalue weighted by atomic mass is 9.96. The number of amides is 1. The molecule has 0 aliphatic heterocycles. The molecule has 2 heterocycles. The van der Waals surface area contributed by atoms with Gasteiger partial charge in [-0.05, 0) is 81.6 Å². The van der Waals surface area contributed by atoms with Crippen molar-refractivity contribution in [2.45, 2.75) is 70.4 Å². The summed E-state index contributed by atoms with van der Waals surface area (Å²) in [6.45, 7) is 6.70. The van der Waals surface area contributed by atoms with Gasteiger partial charge in [-0.3, -0.25) is 14.4 Å². The second-order valence-corrected chi connectivity index (χ2v) is 14.0. The standard InChI is InChI=1S/C29H34ClN5O3S2/c1-19-16-23(30)18-26-27(19)31-29(39-26)34(14-15-35-21(3)17-20(2)32-35)28(36)22-10-12-25(13-11-22)40(37,38)33(4)24-8-6-5-7-9-24/h10-13,16-18,24H,5-9,14-15H2,1-4H3. The lowest BCUT2D eigenvalue weighted by Crippen LogP contribution is -2.38. The van der Waals surface area contributed by atoms with Crippen LogP contribution in [0.2, 0.25) is 5.02 Å². The minimum atomic E-state index is -3.65. The predicted octanol–water partition coefficient (Wildman–Crippen LogP) is 6.37. The number of carbonyl (C=O) groups excluding carboxylic acids is 1. The molecule has 2 aromatic carbocycles. The number of rotatable bonds is 8. The van der Waals surface area contributed by atoms with Crippen molar-refractivity contribution in [3.63, 3.8) is 0 Å². The third-order valence-electron chi connectivity index (χ3n) is 7.62. The molecule has 40 heavy (non-hydrogen) atoms. The summed E-state index contributed by atoms with van der Waals surface area (Å²) in [7, 11) is -2.00. The molecule has 0 unspecified atom stereocenters. The van der Waals surface area contributed by atoms with Crippen molar-refractivity contribution >= 4 is 54.2 Å². The summed E-state index contributed by atoms with van der Waals surface area (Å²) in [4.78, 5) is 20.5. The Balaban J connectivity index is 1.44. The van der Waals surface area contributed by atoms with Crippen LogP contribution in [0.25, 0.3) is 10.2 Å². The fraction of sp³-hybridized carbons (Fsp3) is 0.414. The van der Waals surface area contributed by atoms with E-state index in [-0.39, 0.29) is 16.8 Å². The Morgan fingerprint density at radius 3 is 2.42 bits per heavy atom. The maximum Gasteiger partial charge on any atom is 0.260 e. The Bertz CT molecular complexity index is 1640. The van der Waals surface area contributed by atoms with Gasteiger partial charge in [-0.1, -0.05) is 42.2 Å². The summed E-state index contributed by atoms with van der Waals surface area (Å²) in [6, 6.07) is 12.0. The number of aryl methyl sites for hydroxylation is 3. The molecule has 0 spiro atoms. The van der Waals surface area contributed by atoms with E-state index < -0.39 is 10.0 Å². The quantitative estimate of drug-likeness (QED) is 0.235. The van der Waals surface area contributed by atoms with Crippen LogP contribution >= 0.6 is 22.9 Å². The Hall–Kier alpha value is -2.79. The molecule has 11 heteroatoms. The van der Waals surface area contributed by atoms with Crippen molar-refractivity contribution in [1.29, 1.82) is 0 Å². The van der Waals surface area contributed by atoms with Gasteiger partial charge in [-0.2, -0.15) is 9.40 Å². The highest BCUT2D eigenvalue weighted by Crippen LogP contribution is 2.34. The molecule has 5 rings (SSSR count). The first kappa shape index (κ1) is 28.7. The molecular weight excluding hydrogens is 566 g/mol. The number of anilines is 1. The Morgan fingerprint density at radius 2 is 1.77 bits per heavy atom. The maximum atomic E-state index is 13.9. The van der Waals surface area contributed by atoms with Crippen LogP contribution in [0.15, 0.2) is 47.4 Å². The van der Waals surface area contributed by atoms with Crippen molar-refractivity contribution < 1.29 is 13.2 Å². The van der Waals surface area contributed by atoms with E-state index in [0.717, 1.165) is 59.3 Å². The van der Waals surface area contributed by atoms with Crippen LogP contribution in [-0.4, -0.2) is 53.0 Å². The molecule has 0 N–H and O–H groups in total. The molecule has 0 bridgehead atoms. The van der Waals surface area contributed by atoms with E-state index in [0.29, 0.717) is 28.8 Å². The average Bonchev–Trinajstić information content (AvgIpc) is 3.50. The molecule has 1 aliphatic rings. The van der Waals surface area contributed by atoms with E-state index in [2.05, 4.69) is 5.10 Å². The second kappa shape index (κ2) is 11.6. The van der Waals surface area contributed by atoms with Crippen LogP contribution in [0, 0.1) is 20.8 Å². The Labute approximate surface area is 244 Å². The fourth-order valence-electron chi connectivity index (χ4n) is 5.37. The molecule has 1 amide bonds. The minimum absolute atomic E-state index is 0.0148. The molecule has 0 atom stereocenters. The number of halogens is 1. The molecule has 0 saturated heterocycles. The molecule has 0 radical (unpaired) electrons. The number of benzene rings is 2. The number of hydrogen-bond donors (Lipinski definition) is 0. The zero-order valence-electron chi connectivity index (χ0n) is 23.2. The van der Waals surface area contributed by atoms with E-state index in [1.807, 2.05) is 43.7 Å². The number of sulfonamides is 1. The normalized spacial score (nSPS) is 14.8. The van der Waals surface area contributed by atoms with E-state index in [9.17, 15) is 13.2 Å². The predicted molar refractivity (Wildman–Crippen MR) is 161 cm³/mol. The maximum absolute atomic E-state index is 13.9. The number of nitrogens with zero attached hydrogens (tertiary/aromatic N) is 5. The molecule has 1 aliphatic carbocycles.